The van der Waals surface area contributed by atoms with Gasteiger partial charge in [-0.05, 0) is 31.9 Å². The molecule has 1 aromatic rings. The Morgan fingerprint density at radius 1 is 1.55 bits per heavy atom. The molecule has 1 amide bonds. The van der Waals surface area contributed by atoms with Crippen LogP contribution < -0.4 is 5.43 Å². The normalized spacial score (nSPS) is 19.9. The van der Waals surface area contributed by atoms with Crippen LogP contribution in [0.5, 0.6) is 0 Å². The lowest BCUT2D eigenvalue weighted by Crippen LogP contribution is -2.13. The first-order valence-electron chi connectivity index (χ1n) is 6.64. The molecule has 2 heterocycles. The first-order chi connectivity index (χ1) is 9.69. The number of nitrogens with zero attached hydrogens (tertiary/aromatic N) is 1. The number of nitrogens with one attached hydrogen (secondary N) is 2. The van der Waals surface area contributed by atoms with Gasteiger partial charge in [0.15, 0.2) is 0 Å². The Morgan fingerprint density at radius 2 is 2.35 bits per heavy atom. The molecule has 0 radical (unpaired) electrons. The van der Waals surface area contributed by atoms with Crippen LogP contribution >= 0.6 is 0 Å². The van der Waals surface area contributed by atoms with Crippen molar-refractivity contribution in [1.29, 1.82) is 0 Å². The van der Waals surface area contributed by atoms with Crippen LogP contribution in [0.4, 0.5) is 0 Å². The van der Waals surface area contributed by atoms with Gasteiger partial charge in [0.25, 0.3) is 5.91 Å². The minimum Gasteiger partial charge on any atom is -0.462 e. The predicted molar refractivity (Wildman–Crippen MR) is 73.0 cm³/mol. The quantitative estimate of drug-likeness (QED) is 0.643. The number of carbonyl (C=O) groups excluding carboxylic acids is 2. The summed E-state index contributed by atoms with van der Waals surface area (Å²) in [5, 5.41) is 4.07. The van der Waals surface area contributed by atoms with Gasteiger partial charge >= 0.3 is 5.97 Å². The van der Waals surface area contributed by atoms with Crippen LogP contribution in [-0.4, -0.2) is 29.2 Å². The smallest absolute Gasteiger partial charge is 0.339 e. The van der Waals surface area contributed by atoms with Crippen molar-refractivity contribution in [2.24, 2.45) is 11.0 Å². The Morgan fingerprint density at radius 3 is 3.05 bits per heavy atom. The van der Waals surface area contributed by atoms with E-state index in [2.05, 4.69) is 15.5 Å². The van der Waals surface area contributed by atoms with E-state index < -0.39 is 0 Å². The fourth-order valence-electron chi connectivity index (χ4n) is 2.14. The topological polar surface area (TPSA) is 83.5 Å². The maximum atomic E-state index is 11.8. The van der Waals surface area contributed by atoms with Gasteiger partial charge in [-0.25, -0.2) is 10.2 Å². The van der Waals surface area contributed by atoms with E-state index >= 15 is 0 Å². The summed E-state index contributed by atoms with van der Waals surface area (Å²) in [6.45, 7) is 2.09. The van der Waals surface area contributed by atoms with Crippen molar-refractivity contribution in [2.75, 3.05) is 6.61 Å². The molecule has 104 valence electrons. The number of hydrazone groups is 1. The van der Waals surface area contributed by atoms with E-state index in [0.717, 1.165) is 18.6 Å². The molecule has 0 aromatic carbocycles. The van der Waals surface area contributed by atoms with Crippen molar-refractivity contribution >= 4 is 23.7 Å². The van der Waals surface area contributed by atoms with Gasteiger partial charge in [0, 0.05) is 17.8 Å². The maximum absolute atomic E-state index is 11.8. The lowest BCUT2D eigenvalue weighted by Gasteiger charge is -1.97. The summed E-state index contributed by atoms with van der Waals surface area (Å²) in [6, 6.07) is 1.67. The van der Waals surface area contributed by atoms with E-state index in [4.69, 9.17) is 4.74 Å². The Balaban J connectivity index is 1.82. The Labute approximate surface area is 115 Å². The first-order valence-corrected chi connectivity index (χ1v) is 6.64. The van der Waals surface area contributed by atoms with E-state index in [1.165, 1.54) is 0 Å². The SMILES string of the molecule is CCOC(=O)c1c[nH]c(/C=C2/C(=O)NN=C2C2CC2)c1. The summed E-state index contributed by atoms with van der Waals surface area (Å²) < 4.78 is 4.92. The molecular weight excluding hydrogens is 258 g/mol. The van der Waals surface area contributed by atoms with E-state index in [9.17, 15) is 9.59 Å². The molecule has 0 spiro atoms. The number of ether oxygens (including phenoxy) is 1. The van der Waals surface area contributed by atoms with E-state index in [1.54, 1.807) is 25.3 Å². The summed E-state index contributed by atoms with van der Waals surface area (Å²) in [5.74, 6) is -0.181. The third-order valence-electron chi connectivity index (χ3n) is 3.28. The molecule has 2 N–H and O–H groups in total. The number of aromatic nitrogens is 1. The number of carbonyl (C=O) groups is 2. The zero-order chi connectivity index (χ0) is 14.1. The summed E-state index contributed by atoms with van der Waals surface area (Å²) in [6.07, 6.45) is 5.45. The molecular formula is C14H15N3O3. The molecule has 2 aliphatic rings. The van der Waals surface area contributed by atoms with E-state index in [0.29, 0.717) is 29.4 Å². The fourth-order valence-corrected chi connectivity index (χ4v) is 2.14. The monoisotopic (exact) mass is 273 g/mol. The second kappa shape index (κ2) is 4.96. The van der Waals surface area contributed by atoms with Crippen molar-refractivity contribution in [3.05, 3.63) is 29.1 Å². The molecule has 6 heteroatoms. The van der Waals surface area contributed by atoms with E-state index in [-0.39, 0.29) is 11.9 Å². The van der Waals surface area contributed by atoms with Gasteiger partial charge in [0.05, 0.1) is 23.5 Å². The van der Waals surface area contributed by atoms with Gasteiger partial charge in [-0.15, -0.1) is 0 Å². The number of aromatic amines is 1. The predicted octanol–water partition coefficient (Wildman–Crippen LogP) is 1.47. The molecule has 20 heavy (non-hydrogen) atoms. The summed E-state index contributed by atoms with van der Waals surface area (Å²) in [7, 11) is 0. The minimum absolute atomic E-state index is 0.195. The van der Waals surface area contributed by atoms with Crippen molar-refractivity contribution in [3.63, 3.8) is 0 Å². The summed E-state index contributed by atoms with van der Waals surface area (Å²) in [5.41, 5.74) is 5.02. The first kappa shape index (κ1) is 12.7. The standard InChI is InChI=1S/C14H15N3O3/c1-2-20-14(19)9-5-10(15-7-9)6-11-12(8-3-4-8)16-17-13(11)18/h5-8,15H,2-4H2,1H3,(H,17,18)/b11-6+. The Bertz CT molecular complexity index is 623. The van der Waals surface area contributed by atoms with Crippen LogP contribution in [0.15, 0.2) is 22.9 Å². The van der Waals surface area contributed by atoms with Crippen molar-refractivity contribution in [1.82, 2.24) is 10.4 Å². The highest BCUT2D eigenvalue weighted by Gasteiger charge is 2.35. The van der Waals surface area contributed by atoms with Gasteiger partial charge in [0.1, 0.15) is 0 Å². The second-order valence-electron chi connectivity index (χ2n) is 4.83. The summed E-state index contributed by atoms with van der Waals surface area (Å²) >= 11 is 0. The maximum Gasteiger partial charge on any atom is 0.339 e. The molecule has 1 aliphatic carbocycles. The Kier molecular flexibility index (Phi) is 3.14. The zero-order valence-corrected chi connectivity index (χ0v) is 11.1. The van der Waals surface area contributed by atoms with E-state index in [1.807, 2.05) is 0 Å². The second-order valence-corrected chi connectivity index (χ2v) is 4.83. The van der Waals surface area contributed by atoms with Crippen molar-refractivity contribution in [3.8, 4) is 0 Å². The molecule has 1 fully saturated rings. The van der Waals surface area contributed by atoms with Crippen molar-refractivity contribution < 1.29 is 14.3 Å². The highest BCUT2D eigenvalue weighted by molar-refractivity contribution is 6.28. The van der Waals surface area contributed by atoms with Crippen LogP contribution in [0.1, 0.15) is 35.8 Å². The largest absolute Gasteiger partial charge is 0.462 e. The number of esters is 1. The average Bonchev–Trinajstić information content (AvgIpc) is 3.05. The molecule has 1 aromatic heterocycles. The molecule has 0 saturated heterocycles. The lowest BCUT2D eigenvalue weighted by atomic mass is 10.1. The zero-order valence-electron chi connectivity index (χ0n) is 11.1. The van der Waals surface area contributed by atoms with Gasteiger partial charge < -0.3 is 9.72 Å². The molecule has 0 bridgehead atoms. The average molecular weight is 273 g/mol. The van der Waals surface area contributed by atoms with Crippen LogP contribution in [0, 0.1) is 5.92 Å². The number of rotatable bonds is 4. The minimum atomic E-state index is -0.375. The summed E-state index contributed by atoms with van der Waals surface area (Å²) in [4.78, 5) is 26.3. The number of hydrogen-bond acceptors (Lipinski definition) is 4. The van der Waals surface area contributed by atoms with Crippen LogP contribution in [0.2, 0.25) is 0 Å². The molecule has 3 rings (SSSR count). The van der Waals surface area contributed by atoms with Crippen LogP contribution in [-0.2, 0) is 9.53 Å². The molecule has 1 saturated carbocycles. The third kappa shape index (κ3) is 2.36. The molecule has 1 aliphatic heterocycles. The highest BCUT2D eigenvalue weighted by Crippen LogP contribution is 2.35. The highest BCUT2D eigenvalue weighted by atomic mass is 16.5. The van der Waals surface area contributed by atoms with Gasteiger partial charge in [-0.1, -0.05) is 0 Å². The van der Waals surface area contributed by atoms with Gasteiger partial charge in [0.2, 0.25) is 0 Å². The molecule has 0 atom stereocenters. The lowest BCUT2D eigenvalue weighted by molar-refractivity contribution is -0.116. The molecule has 0 unspecified atom stereocenters. The molecule has 6 nitrogen and oxygen atoms in total. The van der Waals surface area contributed by atoms with Crippen molar-refractivity contribution in [2.45, 2.75) is 19.8 Å². The number of amides is 1. The number of hydrogen-bond donors (Lipinski definition) is 2. The van der Waals surface area contributed by atoms with Gasteiger partial charge in [-0.2, -0.15) is 5.10 Å². The van der Waals surface area contributed by atoms with Crippen LogP contribution in [0.25, 0.3) is 6.08 Å². The van der Waals surface area contributed by atoms with Gasteiger partial charge in [-0.3, -0.25) is 4.79 Å². The van der Waals surface area contributed by atoms with Crippen LogP contribution in [0.3, 0.4) is 0 Å². The number of H-pyrrole nitrogens is 1. The fraction of sp³-hybridized carbons (Fsp3) is 0.357. The third-order valence-corrected chi connectivity index (χ3v) is 3.28. The Hall–Kier alpha value is -2.37.